The third kappa shape index (κ3) is 1.73. The van der Waals surface area contributed by atoms with Crippen LogP contribution in [0.3, 0.4) is 0 Å². The number of hydrogen-bond donors (Lipinski definition) is 0. The fourth-order valence-corrected chi connectivity index (χ4v) is 3.57. The maximum absolute atomic E-state index is 12.3. The van der Waals surface area contributed by atoms with Gasteiger partial charge < -0.3 is 0 Å². The fraction of sp³-hybridized carbons (Fsp3) is 0.364. The average Bonchev–Trinajstić information content (AvgIpc) is 2.98. The quantitative estimate of drug-likeness (QED) is 0.803. The van der Waals surface area contributed by atoms with Crippen LogP contribution in [-0.2, 0) is 10.0 Å². The van der Waals surface area contributed by atoms with Gasteiger partial charge in [0.05, 0.1) is 5.52 Å². The first-order valence-corrected chi connectivity index (χ1v) is 7.06. The van der Waals surface area contributed by atoms with E-state index >= 15 is 0 Å². The molecule has 0 amide bonds. The van der Waals surface area contributed by atoms with E-state index in [0.717, 1.165) is 18.4 Å². The van der Waals surface area contributed by atoms with Gasteiger partial charge in [-0.25, -0.2) is 12.9 Å². The molecular formula is C11H13N3O2S. The van der Waals surface area contributed by atoms with E-state index in [2.05, 4.69) is 5.10 Å². The topological polar surface area (TPSA) is 54.7 Å². The lowest BCUT2D eigenvalue weighted by Crippen LogP contribution is -2.28. The summed E-state index contributed by atoms with van der Waals surface area (Å²) in [6.45, 7) is 1.21. The second-order valence-electron chi connectivity index (χ2n) is 4.16. The molecule has 17 heavy (non-hydrogen) atoms. The summed E-state index contributed by atoms with van der Waals surface area (Å²) in [4.78, 5) is 0. The van der Waals surface area contributed by atoms with Crippen LogP contribution in [-0.4, -0.2) is 35.4 Å². The van der Waals surface area contributed by atoms with Gasteiger partial charge in [-0.3, -0.25) is 0 Å². The molecule has 2 aromatic heterocycles. The molecule has 1 aliphatic heterocycles. The lowest BCUT2D eigenvalue weighted by atomic mass is 10.4. The molecule has 90 valence electrons. The largest absolute Gasteiger partial charge is 0.262 e. The summed E-state index contributed by atoms with van der Waals surface area (Å²) in [5, 5.41) is 4.26. The van der Waals surface area contributed by atoms with Crippen LogP contribution < -0.4 is 0 Å². The molecule has 0 radical (unpaired) electrons. The number of aromatic nitrogens is 2. The molecular weight excluding hydrogens is 238 g/mol. The van der Waals surface area contributed by atoms with E-state index < -0.39 is 10.0 Å². The SMILES string of the molecule is O=S(=O)(c1cc2ccccn2n1)N1CCCC1. The molecule has 1 aliphatic rings. The highest BCUT2D eigenvalue weighted by Crippen LogP contribution is 2.20. The smallest absolute Gasteiger partial charge is 0.240 e. The van der Waals surface area contributed by atoms with Crippen molar-refractivity contribution in [1.82, 2.24) is 13.9 Å². The van der Waals surface area contributed by atoms with Crippen LogP contribution in [0.15, 0.2) is 35.5 Å². The maximum Gasteiger partial charge on any atom is 0.262 e. The lowest BCUT2D eigenvalue weighted by molar-refractivity contribution is 0.473. The highest BCUT2D eigenvalue weighted by atomic mass is 32.2. The molecule has 6 heteroatoms. The Bertz CT molecular complexity index is 609. The second-order valence-corrected chi connectivity index (χ2v) is 6.05. The first kappa shape index (κ1) is 10.7. The predicted molar refractivity (Wildman–Crippen MR) is 63.2 cm³/mol. The number of fused-ring (bicyclic) bond motifs is 1. The number of nitrogens with zero attached hydrogens (tertiary/aromatic N) is 3. The van der Waals surface area contributed by atoms with Crippen LogP contribution in [0.25, 0.3) is 5.52 Å². The Morgan fingerprint density at radius 1 is 1.18 bits per heavy atom. The molecule has 0 aliphatic carbocycles. The zero-order chi connectivity index (χ0) is 11.9. The molecule has 0 aromatic carbocycles. The van der Waals surface area contributed by atoms with Gasteiger partial charge in [-0.1, -0.05) is 6.07 Å². The second kappa shape index (κ2) is 3.82. The van der Waals surface area contributed by atoms with Crippen molar-refractivity contribution < 1.29 is 8.42 Å². The summed E-state index contributed by atoms with van der Waals surface area (Å²) in [7, 11) is -3.40. The highest BCUT2D eigenvalue weighted by molar-refractivity contribution is 7.89. The molecule has 0 atom stereocenters. The molecule has 1 fully saturated rings. The van der Waals surface area contributed by atoms with Crippen LogP contribution in [0.2, 0.25) is 0 Å². The van der Waals surface area contributed by atoms with Gasteiger partial charge in [-0.15, -0.1) is 0 Å². The molecule has 5 nitrogen and oxygen atoms in total. The van der Waals surface area contributed by atoms with Gasteiger partial charge in [0.2, 0.25) is 0 Å². The van der Waals surface area contributed by atoms with Crippen molar-refractivity contribution in [3.05, 3.63) is 30.5 Å². The Labute approximate surface area is 99.7 Å². The van der Waals surface area contributed by atoms with Crippen LogP contribution in [0.4, 0.5) is 0 Å². The van der Waals surface area contributed by atoms with Crippen molar-refractivity contribution in [2.24, 2.45) is 0 Å². The predicted octanol–water partition coefficient (Wildman–Crippen LogP) is 1.12. The summed E-state index contributed by atoms with van der Waals surface area (Å²) in [5.74, 6) is 0. The van der Waals surface area contributed by atoms with Crippen molar-refractivity contribution >= 4 is 15.5 Å². The van der Waals surface area contributed by atoms with Gasteiger partial charge in [0.15, 0.2) is 5.03 Å². The van der Waals surface area contributed by atoms with E-state index in [1.807, 2.05) is 18.2 Å². The number of rotatable bonds is 2. The summed E-state index contributed by atoms with van der Waals surface area (Å²) in [6.07, 6.45) is 3.62. The van der Waals surface area contributed by atoms with Crippen molar-refractivity contribution in [2.45, 2.75) is 17.9 Å². The highest BCUT2D eigenvalue weighted by Gasteiger charge is 2.29. The molecule has 0 bridgehead atoms. The van der Waals surface area contributed by atoms with E-state index in [4.69, 9.17) is 0 Å². The Hall–Kier alpha value is -1.40. The molecule has 1 saturated heterocycles. The molecule has 0 saturated carbocycles. The van der Waals surface area contributed by atoms with Crippen molar-refractivity contribution in [3.8, 4) is 0 Å². The van der Waals surface area contributed by atoms with Gasteiger partial charge in [0, 0.05) is 25.4 Å². The van der Waals surface area contributed by atoms with Gasteiger partial charge in [-0.05, 0) is 25.0 Å². The lowest BCUT2D eigenvalue weighted by Gasteiger charge is -2.12. The van der Waals surface area contributed by atoms with Gasteiger partial charge in [0.1, 0.15) is 0 Å². The summed E-state index contributed by atoms with van der Waals surface area (Å²) >= 11 is 0. The molecule has 0 spiro atoms. The van der Waals surface area contributed by atoms with Crippen molar-refractivity contribution in [3.63, 3.8) is 0 Å². The maximum atomic E-state index is 12.3. The third-order valence-corrected chi connectivity index (χ3v) is 4.79. The zero-order valence-corrected chi connectivity index (χ0v) is 10.1. The summed E-state index contributed by atoms with van der Waals surface area (Å²) in [6, 6.07) is 7.15. The van der Waals surface area contributed by atoms with Crippen LogP contribution in [0, 0.1) is 0 Å². The van der Waals surface area contributed by atoms with Crippen LogP contribution in [0.5, 0.6) is 0 Å². The van der Waals surface area contributed by atoms with E-state index in [-0.39, 0.29) is 5.03 Å². The van der Waals surface area contributed by atoms with Gasteiger partial charge >= 0.3 is 0 Å². The van der Waals surface area contributed by atoms with Crippen molar-refractivity contribution in [1.29, 1.82) is 0 Å². The summed E-state index contributed by atoms with van der Waals surface area (Å²) < 4.78 is 27.6. The van der Waals surface area contributed by atoms with Crippen molar-refractivity contribution in [2.75, 3.05) is 13.1 Å². The Kier molecular flexibility index (Phi) is 2.41. The molecule has 0 unspecified atom stereocenters. The Morgan fingerprint density at radius 3 is 2.65 bits per heavy atom. The fourth-order valence-electron chi connectivity index (χ4n) is 2.10. The van der Waals surface area contributed by atoms with Crippen LogP contribution in [0.1, 0.15) is 12.8 Å². The molecule has 3 rings (SSSR count). The standard InChI is InChI=1S/C11H13N3O2S/c15-17(16,13-6-3-4-7-13)11-9-10-5-1-2-8-14(10)12-11/h1-2,5,8-9H,3-4,6-7H2. The third-order valence-electron chi connectivity index (χ3n) is 3.02. The normalized spacial score (nSPS) is 17.9. The van der Waals surface area contributed by atoms with E-state index in [1.165, 1.54) is 4.31 Å². The zero-order valence-electron chi connectivity index (χ0n) is 9.28. The monoisotopic (exact) mass is 251 g/mol. The van der Waals surface area contributed by atoms with E-state index in [0.29, 0.717) is 13.1 Å². The first-order valence-electron chi connectivity index (χ1n) is 5.62. The Balaban J connectivity index is 2.08. The number of pyridine rings is 1. The minimum Gasteiger partial charge on any atom is -0.240 e. The molecule has 2 aromatic rings. The molecule has 3 heterocycles. The van der Waals surface area contributed by atoms with E-state index in [1.54, 1.807) is 16.8 Å². The van der Waals surface area contributed by atoms with E-state index in [9.17, 15) is 8.42 Å². The number of sulfonamides is 1. The Morgan fingerprint density at radius 2 is 1.94 bits per heavy atom. The summed E-state index contributed by atoms with van der Waals surface area (Å²) in [5.41, 5.74) is 0.797. The van der Waals surface area contributed by atoms with Crippen LogP contribution >= 0.6 is 0 Å². The minimum atomic E-state index is -3.40. The average molecular weight is 251 g/mol. The molecule has 0 N–H and O–H groups in total. The number of hydrogen-bond acceptors (Lipinski definition) is 3. The first-order chi connectivity index (χ1) is 8.18. The van der Waals surface area contributed by atoms with Gasteiger partial charge in [-0.2, -0.15) is 9.40 Å². The minimum absolute atomic E-state index is 0.144. The van der Waals surface area contributed by atoms with Gasteiger partial charge in [0.25, 0.3) is 10.0 Å².